The molecular formula is C50H59ClN2O8. The van der Waals surface area contributed by atoms with E-state index in [2.05, 4.69) is 56.8 Å². The number of oxime groups is 1. The number of rotatable bonds is 19. The lowest BCUT2D eigenvalue weighted by Crippen LogP contribution is -2.70. The van der Waals surface area contributed by atoms with Crippen molar-refractivity contribution in [3.8, 4) is 17.2 Å². The summed E-state index contributed by atoms with van der Waals surface area (Å²) in [5, 5.41) is 26.6. The minimum Gasteiger partial charge on any atom is -0.459 e. The molecule has 6 atom stereocenters. The Balaban J connectivity index is 1.45. The van der Waals surface area contributed by atoms with Crippen molar-refractivity contribution in [1.82, 2.24) is 4.90 Å². The second-order valence-corrected chi connectivity index (χ2v) is 16.8. The molecule has 4 aromatic rings. The van der Waals surface area contributed by atoms with E-state index < -0.39 is 23.8 Å². The molecular weight excluding hydrogens is 792 g/mol. The molecule has 11 heteroatoms. The number of hydrogen-bond acceptors (Lipinski definition) is 9. The predicted molar refractivity (Wildman–Crippen MR) is 240 cm³/mol. The molecule has 0 saturated heterocycles. The largest absolute Gasteiger partial charge is 0.459 e. The van der Waals surface area contributed by atoms with Crippen LogP contribution in [-0.4, -0.2) is 78.2 Å². The van der Waals surface area contributed by atoms with Gasteiger partial charge in [-0.25, -0.2) is 4.79 Å². The Morgan fingerprint density at radius 1 is 0.967 bits per heavy atom. The Morgan fingerprint density at radius 2 is 1.72 bits per heavy atom. The van der Waals surface area contributed by atoms with Gasteiger partial charge in [0.05, 0.1) is 30.7 Å². The zero-order valence-corrected chi connectivity index (χ0v) is 36.3. The SMILES string of the molecule is C=CCO[C@@]12Oc3ccc(Oc4ccc(C)c(C)c4)cc3[C@H]3[C@H](CCCCO)[C@@H](CCCCO)C=C(C(=NOC)C[C@@H]1N(Cc1cccc4ccccc14)C(=O)OCCCl)[C@H]32. The summed E-state index contributed by atoms with van der Waals surface area (Å²) in [7, 11) is 1.54. The van der Waals surface area contributed by atoms with Gasteiger partial charge in [-0.05, 0) is 115 Å². The summed E-state index contributed by atoms with van der Waals surface area (Å²) in [6.07, 6.45) is 8.37. The van der Waals surface area contributed by atoms with Crippen LogP contribution in [0.15, 0.2) is 108 Å². The molecule has 7 rings (SSSR count). The number of nitrogens with zero attached hydrogens (tertiary/aromatic N) is 2. The molecule has 0 unspecified atom stereocenters. The number of alkyl halides is 1. The molecule has 2 aliphatic carbocycles. The lowest BCUT2D eigenvalue weighted by atomic mass is 9.55. The predicted octanol–water partition coefficient (Wildman–Crippen LogP) is 10.4. The van der Waals surface area contributed by atoms with E-state index in [4.69, 9.17) is 40.5 Å². The van der Waals surface area contributed by atoms with Gasteiger partial charge in [0.1, 0.15) is 37.0 Å². The number of benzene rings is 4. The first-order chi connectivity index (χ1) is 29.8. The Morgan fingerprint density at radius 3 is 2.48 bits per heavy atom. The van der Waals surface area contributed by atoms with E-state index >= 15 is 0 Å². The topological polar surface area (TPSA) is 119 Å². The van der Waals surface area contributed by atoms with E-state index in [1.807, 2.05) is 48.5 Å². The molecule has 0 aromatic heterocycles. The second kappa shape index (κ2) is 20.3. The van der Waals surface area contributed by atoms with Gasteiger partial charge >= 0.3 is 6.09 Å². The first-order valence-electron chi connectivity index (χ1n) is 21.6. The maximum Gasteiger partial charge on any atom is 0.410 e. The van der Waals surface area contributed by atoms with Crippen molar-refractivity contribution in [2.45, 2.75) is 83.1 Å². The van der Waals surface area contributed by atoms with E-state index in [0.29, 0.717) is 30.1 Å². The molecule has 0 bridgehead atoms. The summed E-state index contributed by atoms with van der Waals surface area (Å²) in [6, 6.07) is 25.5. The van der Waals surface area contributed by atoms with Crippen LogP contribution in [0, 0.1) is 31.6 Å². The van der Waals surface area contributed by atoms with Crippen LogP contribution in [0.4, 0.5) is 4.79 Å². The highest BCUT2D eigenvalue weighted by atomic mass is 35.5. The van der Waals surface area contributed by atoms with Crippen LogP contribution in [0.1, 0.15) is 73.1 Å². The maximum absolute atomic E-state index is 14.7. The number of carbonyl (C=O) groups excluding carboxylic acids is 1. The second-order valence-electron chi connectivity index (χ2n) is 16.4. The van der Waals surface area contributed by atoms with Gasteiger partial charge in [0.15, 0.2) is 0 Å². The van der Waals surface area contributed by atoms with Crippen LogP contribution in [-0.2, 0) is 20.9 Å². The molecule has 0 spiro atoms. The van der Waals surface area contributed by atoms with Gasteiger partial charge in [0.25, 0.3) is 0 Å². The number of hydrogen-bond donors (Lipinski definition) is 2. The van der Waals surface area contributed by atoms with Gasteiger partial charge in [-0.15, -0.1) is 18.2 Å². The van der Waals surface area contributed by atoms with E-state index in [0.717, 1.165) is 64.5 Å². The molecule has 3 aliphatic rings. The molecule has 10 nitrogen and oxygen atoms in total. The zero-order chi connectivity index (χ0) is 42.9. The summed E-state index contributed by atoms with van der Waals surface area (Å²) in [6.45, 7) is 8.76. The van der Waals surface area contributed by atoms with Crippen molar-refractivity contribution in [1.29, 1.82) is 0 Å². The van der Waals surface area contributed by atoms with Crippen molar-refractivity contribution in [3.05, 3.63) is 125 Å². The number of halogens is 1. The lowest BCUT2D eigenvalue weighted by molar-refractivity contribution is -0.256. The van der Waals surface area contributed by atoms with Crippen molar-refractivity contribution >= 4 is 34.2 Å². The van der Waals surface area contributed by atoms with Crippen LogP contribution in [0.5, 0.6) is 17.2 Å². The summed E-state index contributed by atoms with van der Waals surface area (Å²) in [5.41, 5.74) is 5.87. The molecule has 0 radical (unpaired) electrons. The lowest BCUT2D eigenvalue weighted by Gasteiger charge is -2.59. The molecule has 324 valence electrons. The van der Waals surface area contributed by atoms with E-state index in [1.54, 1.807) is 18.1 Å². The number of ether oxygens (including phenoxy) is 4. The smallest absolute Gasteiger partial charge is 0.410 e. The van der Waals surface area contributed by atoms with E-state index in [1.165, 1.54) is 5.56 Å². The molecule has 2 N–H and O–H groups in total. The number of aryl methyl sites for hydroxylation is 2. The molecule has 61 heavy (non-hydrogen) atoms. The number of fused-ring (bicyclic) bond motifs is 3. The number of aliphatic hydroxyl groups excluding tert-OH is 2. The van der Waals surface area contributed by atoms with E-state index in [-0.39, 0.29) is 63.0 Å². The number of carbonyl (C=O) groups is 1. The molecule has 1 saturated carbocycles. The highest BCUT2D eigenvalue weighted by Gasteiger charge is 2.65. The summed E-state index contributed by atoms with van der Waals surface area (Å²) < 4.78 is 27.0. The Bertz CT molecular complexity index is 2220. The first-order valence-corrected chi connectivity index (χ1v) is 22.1. The van der Waals surface area contributed by atoms with Gasteiger partial charge < -0.3 is 34.0 Å². The van der Waals surface area contributed by atoms with Crippen LogP contribution in [0.25, 0.3) is 10.8 Å². The van der Waals surface area contributed by atoms with Gasteiger partial charge in [0.2, 0.25) is 5.79 Å². The first kappa shape index (κ1) is 44.2. The molecule has 1 fully saturated rings. The van der Waals surface area contributed by atoms with Crippen LogP contribution < -0.4 is 9.47 Å². The average molecular weight is 851 g/mol. The minimum absolute atomic E-state index is 0.0192. The maximum atomic E-state index is 14.7. The Labute approximate surface area is 364 Å². The van der Waals surface area contributed by atoms with Crippen molar-refractivity contribution in [2.24, 2.45) is 22.9 Å². The fourth-order valence-electron chi connectivity index (χ4n) is 9.86. The molecule has 1 heterocycles. The highest BCUT2D eigenvalue weighted by Crippen LogP contribution is 2.62. The third-order valence-electron chi connectivity index (χ3n) is 12.7. The highest BCUT2D eigenvalue weighted by molar-refractivity contribution is 6.18. The monoisotopic (exact) mass is 850 g/mol. The van der Waals surface area contributed by atoms with Crippen molar-refractivity contribution in [3.63, 3.8) is 0 Å². The normalized spacial score (nSPS) is 23.3. The number of aliphatic hydroxyl groups is 2. The number of unbranched alkanes of at least 4 members (excludes halogenated alkanes) is 2. The zero-order valence-electron chi connectivity index (χ0n) is 35.6. The molecule has 1 aliphatic heterocycles. The number of allylic oxidation sites excluding steroid dienone is 1. The summed E-state index contributed by atoms with van der Waals surface area (Å²) >= 11 is 6.13. The van der Waals surface area contributed by atoms with Crippen LogP contribution in [0.2, 0.25) is 0 Å². The minimum atomic E-state index is -1.45. The standard InChI is InChI=1S/C50H59ClN2O8/c1-5-26-59-50-46(53(49(56)58-27-23-51)32-37-16-12-15-35-13-6-7-17-40(35)37)31-44(52-57-4)42-29-36(14-8-10-24-54)41(18-9-11-25-55)47(48(42)50)43-30-39(21-22-45(43)61-50)60-38-20-19-33(2)34(3)28-38/h5-7,12-13,15-17,19-22,28-30,36,41,46-48,54-55H,1,8-11,14,18,23-27,31-32H2,2-4H3/t36-,41+,46-,47+,48+,50+/m0/s1. The van der Waals surface area contributed by atoms with Crippen LogP contribution >= 0.6 is 11.6 Å². The van der Waals surface area contributed by atoms with Crippen molar-refractivity contribution in [2.75, 3.05) is 39.4 Å². The third kappa shape index (κ3) is 9.33. The van der Waals surface area contributed by atoms with Gasteiger partial charge in [0, 0.05) is 31.1 Å². The molecule has 1 amide bonds. The quantitative estimate of drug-likeness (QED) is 0.0414. The summed E-state index contributed by atoms with van der Waals surface area (Å²) in [5.74, 6) is 0.192. The Kier molecular flexibility index (Phi) is 14.7. The Hall–Kier alpha value is -4.87. The van der Waals surface area contributed by atoms with Crippen LogP contribution in [0.3, 0.4) is 0 Å². The van der Waals surface area contributed by atoms with Gasteiger partial charge in [-0.1, -0.05) is 78.7 Å². The summed E-state index contributed by atoms with van der Waals surface area (Å²) in [4.78, 5) is 22.0. The van der Waals surface area contributed by atoms with E-state index in [9.17, 15) is 15.0 Å². The number of amides is 1. The van der Waals surface area contributed by atoms with Gasteiger partial charge in [-0.2, -0.15) is 0 Å². The average Bonchev–Trinajstić information content (AvgIpc) is 3.27. The molecule has 4 aromatic carbocycles. The van der Waals surface area contributed by atoms with Crippen molar-refractivity contribution < 1.29 is 38.8 Å². The third-order valence-corrected chi connectivity index (χ3v) is 12.8. The van der Waals surface area contributed by atoms with Gasteiger partial charge in [-0.3, -0.25) is 4.90 Å². The fraction of sp³-hybridized carbons (Fsp3) is 0.440. The fourth-order valence-corrected chi connectivity index (χ4v) is 9.94.